The van der Waals surface area contributed by atoms with E-state index in [0.717, 1.165) is 28.0 Å². The Morgan fingerprint density at radius 2 is 2.00 bits per heavy atom. The number of fused-ring (bicyclic) bond motifs is 1. The summed E-state index contributed by atoms with van der Waals surface area (Å²) in [6.07, 6.45) is 0.934. The smallest absolute Gasteiger partial charge is 0.0708 e. The number of nitrogens with two attached hydrogens (primary N) is 1. The minimum absolute atomic E-state index is 0.0864. The maximum absolute atomic E-state index is 6.08. The highest BCUT2D eigenvalue weighted by atomic mass is 35.5. The zero-order valence-corrected chi connectivity index (χ0v) is 11.9. The zero-order chi connectivity index (χ0) is 13.3. The molecule has 2 rings (SSSR count). The van der Waals surface area contributed by atoms with Crippen molar-refractivity contribution < 1.29 is 0 Å². The van der Waals surface area contributed by atoms with Gasteiger partial charge >= 0.3 is 0 Å². The van der Waals surface area contributed by atoms with Crippen molar-refractivity contribution in [1.82, 2.24) is 4.98 Å². The first kappa shape index (κ1) is 13.3. The zero-order valence-electron chi connectivity index (χ0n) is 11.1. The van der Waals surface area contributed by atoms with Crippen molar-refractivity contribution in [1.29, 1.82) is 0 Å². The van der Waals surface area contributed by atoms with Crippen LogP contribution in [0.15, 0.2) is 24.3 Å². The van der Waals surface area contributed by atoms with Gasteiger partial charge < -0.3 is 5.73 Å². The van der Waals surface area contributed by atoms with Crippen molar-refractivity contribution >= 4 is 22.5 Å². The molecule has 0 fully saturated rings. The molecule has 0 saturated heterocycles. The standard InChI is InChI=1S/C15H19ClN2/c1-10-6-11(8-15(2,3)9-17)13-7-12(16)4-5-14(13)18-10/h4-7H,8-9,17H2,1-3H3. The van der Waals surface area contributed by atoms with Crippen molar-refractivity contribution in [2.75, 3.05) is 6.54 Å². The van der Waals surface area contributed by atoms with Crippen LogP contribution in [0.1, 0.15) is 25.1 Å². The molecular weight excluding hydrogens is 244 g/mol. The number of hydrogen-bond acceptors (Lipinski definition) is 2. The first-order valence-electron chi connectivity index (χ1n) is 6.17. The molecule has 1 heterocycles. The molecular formula is C15H19ClN2. The van der Waals surface area contributed by atoms with E-state index in [1.165, 1.54) is 5.56 Å². The van der Waals surface area contributed by atoms with Crippen molar-refractivity contribution in [2.45, 2.75) is 27.2 Å². The second-order valence-corrected chi connectivity index (χ2v) is 6.07. The third kappa shape index (κ3) is 2.82. The van der Waals surface area contributed by atoms with Gasteiger partial charge in [-0.25, -0.2) is 0 Å². The normalized spacial score (nSPS) is 12.1. The Labute approximate surface area is 113 Å². The van der Waals surface area contributed by atoms with E-state index in [1.54, 1.807) is 0 Å². The van der Waals surface area contributed by atoms with Gasteiger partial charge in [-0.1, -0.05) is 25.4 Å². The molecule has 0 saturated carbocycles. The minimum atomic E-state index is 0.0864. The maximum atomic E-state index is 6.08. The predicted octanol–water partition coefficient (Wildman–Crippen LogP) is 3.72. The lowest BCUT2D eigenvalue weighted by Crippen LogP contribution is -2.26. The lowest BCUT2D eigenvalue weighted by atomic mass is 9.84. The fourth-order valence-electron chi connectivity index (χ4n) is 2.15. The van der Waals surface area contributed by atoms with E-state index < -0.39 is 0 Å². The number of pyridine rings is 1. The van der Waals surface area contributed by atoms with Gasteiger partial charge in [0.1, 0.15) is 0 Å². The Morgan fingerprint density at radius 1 is 1.28 bits per heavy atom. The number of nitrogens with zero attached hydrogens (tertiary/aromatic N) is 1. The van der Waals surface area contributed by atoms with Crippen LogP contribution in [0.4, 0.5) is 0 Å². The number of aryl methyl sites for hydroxylation is 1. The molecule has 2 nitrogen and oxygen atoms in total. The van der Waals surface area contributed by atoms with Crippen LogP contribution in [-0.4, -0.2) is 11.5 Å². The SMILES string of the molecule is Cc1cc(CC(C)(C)CN)c2cc(Cl)ccc2n1. The molecule has 0 aliphatic rings. The Bertz CT molecular complexity index is 576. The second-order valence-electron chi connectivity index (χ2n) is 5.63. The topological polar surface area (TPSA) is 38.9 Å². The quantitative estimate of drug-likeness (QED) is 0.916. The fraction of sp³-hybridized carbons (Fsp3) is 0.400. The molecule has 0 radical (unpaired) electrons. The van der Waals surface area contributed by atoms with E-state index in [2.05, 4.69) is 24.9 Å². The van der Waals surface area contributed by atoms with Crippen LogP contribution in [0.2, 0.25) is 5.02 Å². The molecule has 0 unspecified atom stereocenters. The van der Waals surface area contributed by atoms with Crippen molar-refractivity contribution in [3.8, 4) is 0 Å². The van der Waals surface area contributed by atoms with Crippen LogP contribution >= 0.6 is 11.6 Å². The molecule has 0 amide bonds. The molecule has 3 heteroatoms. The van der Waals surface area contributed by atoms with Gasteiger partial charge in [-0.15, -0.1) is 0 Å². The highest BCUT2D eigenvalue weighted by Gasteiger charge is 2.18. The molecule has 0 aliphatic carbocycles. The van der Waals surface area contributed by atoms with Gasteiger partial charge in [0.2, 0.25) is 0 Å². The molecule has 0 bridgehead atoms. The molecule has 1 aromatic carbocycles. The number of halogens is 1. The lowest BCUT2D eigenvalue weighted by Gasteiger charge is -2.23. The van der Waals surface area contributed by atoms with Crippen molar-refractivity contribution in [3.63, 3.8) is 0 Å². The number of aromatic nitrogens is 1. The van der Waals surface area contributed by atoms with Crippen molar-refractivity contribution in [3.05, 3.63) is 40.5 Å². The highest BCUT2D eigenvalue weighted by Crippen LogP contribution is 2.28. The maximum Gasteiger partial charge on any atom is 0.0708 e. The van der Waals surface area contributed by atoms with Crippen molar-refractivity contribution in [2.24, 2.45) is 11.1 Å². The Hall–Kier alpha value is -1.12. The monoisotopic (exact) mass is 262 g/mol. The molecule has 2 N–H and O–H groups in total. The number of rotatable bonds is 3. The van der Waals surface area contributed by atoms with Crippen LogP contribution < -0.4 is 5.73 Å². The first-order chi connectivity index (χ1) is 8.41. The lowest BCUT2D eigenvalue weighted by molar-refractivity contribution is 0.378. The molecule has 2 aromatic rings. The van der Waals surface area contributed by atoms with Gasteiger partial charge in [-0.3, -0.25) is 4.98 Å². The average molecular weight is 263 g/mol. The summed E-state index contributed by atoms with van der Waals surface area (Å²) in [5, 5.41) is 1.88. The Balaban J connectivity index is 2.58. The Kier molecular flexibility index (Phi) is 3.60. The summed E-state index contributed by atoms with van der Waals surface area (Å²) in [7, 11) is 0. The third-order valence-corrected chi connectivity index (χ3v) is 3.44. The third-order valence-electron chi connectivity index (χ3n) is 3.21. The van der Waals surface area contributed by atoms with Gasteiger partial charge in [0.05, 0.1) is 5.52 Å². The molecule has 0 atom stereocenters. The summed E-state index contributed by atoms with van der Waals surface area (Å²) in [4.78, 5) is 4.54. The molecule has 0 spiro atoms. The van der Waals surface area contributed by atoms with Gasteiger partial charge in [-0.05, 0) is 55.1 Å². The van der Waals surface area contributed by atoms with Gasteiger partial charge in [-0.2, -0.15) is 0 Å². The Morgan fingerprint density at radius 3 is 2.67 bits per heavy atom. The molecule has 1 aromatic heterocycles. The number of benzene rings is 1. The summed E-state index contributed by atoms with van der Waals surface area (Å²) in [5.74, 6) is 0. The van der Waals surface area contributed by atoms with E-state index in [0.29, 0.717) is 6.54 Å². The summed E-state index contributed by atoms with van der Waals surface area (Å²) in [6.45, 7) is 7.04. The van der Waals surface area contributed by atoms with Gasteiger partial charge in [0.25, 0.3) is 0 Å². The molecule has 18 heavy (non-hydrogen) atoms. The summed E-state index contributed by atoms with van der Waals surface area (Å²) >= 11 is 6.08. The first-order valence-corrected chi connectivity index (χ1v) is 6.55. The molecule has 96 valence electrons. The average Bonchev–Trinajstić information content (AvgIpc) is 2.29. The van der Waals surface area contributed by atoms with Crippen LogP contribution in [0.25, 0.3) is 10.9 Å². The predicted molar refractivity (Wildman–Crippen MR) is 78.0 cm³/mol. The van der Waals surface area contributed by atoms with E-state index in [-0.39, 0.29) is 5.41 Å². The van der Waals surface area contributed by atoms with E-state index in [1.807, 2.05) is 25.1 Å². The summed E-state index contributed by atoms with van der Waals surface area (Å²) < 4.78 is 0. The number of hydrogen-bond donors (Lipinski definition) is 1. The second kappa shape index (κ2) is 4.87. The van der Waals surface area contributed by atoms with Crippen LogP contribution in [0, 0.1) is 12.3 Å². The minimum Gasteiger partial charge on any atom is -0.330 e. The van der Waals surface area contributed by atoms with E-state index >= 15 is 0 Å². The summed E-state index contributed by atoms with van der Waals surface area (Å²) in [5.41, 5.74) is 9.22. The molecule has 0 aliphatic heterocycles. The van der Waals surface area contributed by atoms with Crippen LogP contribution in [-0.2, 0) is 6.42 Å². The van der Waals surface area contributed by atoms with E-state index in [4.69, 9.17) is 17.3 Å². The highest BCUT2D eigenvalue weighted by molar-refractivity contribution is 6.31. The van der Waals surface area contributed by atoms with Crippen LogP contribution in [0.5, 0.6) is 0 Å². The fourth-order valence-corrected chi connectivity index (χ4v) is 2.32. The van der Waals surface area contributed by atoms with Gasteiger partial charge in [0, 0.05) is 16.1 Å². The largest absolute Gasteiger partial charge is 0.330 e. The van der Waals surface area contributed by atoms with E-state index in [9.17, 15) is 0 Å². The van der Waals surface area contributed by atoms with Gasteiger partial charge in [0.15, 0.2) is 0 Å². The summed E-state index contributed by atoms with van der Waals surface area (Å²) in [6, 6.07) is 7.99. The van der Waals surface area contributed by atoms with Crippen LogP contribution in [0.3, 0.4) is 0 Å².